The zero-order valence-corrected chi connectivity index (χ0v) is 14.6. The molecule has 1 N–H and O–H groups in total. The number of pyridine rings is 1. The number of benzene rings is 1. The van der Waals surface area contributed by atoms with Crippen molar-refractivity contribution in [3.05, 3.63) is 61.0 Å². The molecule has 0 aliphatic carbocycles. The zero-order chi connectivity index (χ0) is 18.5. The van der Waals surface area contributed by atoms with E-state index in [-0.39, 0.29) is 5.91 Å². The zero-order valence-electron chi connectivity index (χ0n) is 14.6. The second-order valence-electron chi connectivity index (χ2n) is 6.02. The van der Waals surface area contributed by atoms with Crippen molar-refractivity contribution in [3.8, 4) is 11.4 Å². The van der Waals surface area contributed by atoms with Gasteiger partial charge in [0.1, 0.15) is 0 Å². The number of hydrogen-bond acceptors (Lipinski definition) is 6. The van der Waals surface area contributed by atoms with Crippen molar-refractivity contribution in [2.24, 2.45) is 0 Å². The summed E-state index contributed by atoms with van der Waals surface area (Å²) in [5, 5.41) is 6.84. The predicted octanol–water partition coefficient (Wildman–Crippen LogP) is 2.23. The highest BCUT2D eigenvalue weighted by Gasteiger charge is 2.10. The summed E-state index contributed by atoms with van der Waals surface area (Å²) in [6.07, 6.45) is 5.82. The van der Waals surface area contributed by atoms with Crippen LogP contribution in [-0.2, 0) is 17.8 Å². The molecule has 1 aromatic carbocycles. The van der Waals surface area contributed by atoms with E-state index in [1.54, 1.807) is 30.9 Å². The summed E-state index contributed by atoms with van der Waals surface area (Å²) in [4.78, 5) is 24.7. The molecule has 3 heterocycles. The molecule has 0 unspecified atom stereocenters. The second-order valence-corrected chi connectivity index (χ2v) is 6.02. The molecule has 0 fully saturated rings. The molecule has 0 aliphatic heterocycles. The Morgan fingerprint density at radius 1 is 1.15 bits per heavy atom. The second kappa shape index (κ2) is 7.77. The van der Waals surface area contributed by atoms with Crippen LogP contribution in [0.25, 0.3) is 22.4 Å². The molecule has 0 radical (unpaired) electrons. The third-order valence-electron chi connectivity index (χ3n) is 4.17. The number of carbonyl (C=O) groups is 1. The fourth-order valence-corrected chi connectivity index (χ4v) is 2.79. The van der Waals surface area contributed by atoms with Gasteiger partial charge in [0.05, 0.1) is 17.4 Å². The number of hydrogen-bond donors (Lipinski definition) is 1. The molecule has 4 aromatic rings. The molecule has 0 aliphatic rings. The van der Waals surface area contributed by atoms with E-state index in [1.807, 2.05) is 28.8 Å². The number of rotatable bonds is 7. The number of amides is 1. The first-order valence-electron chi connectivity index (χ1n) is 8.69. The van der Waals surface area contributed by atoms with Crippen LogP contribution in [0.15, 0.2) is 59.6 Å². The van der Waals surface area contributed by atoms with E-state index in [0.717, 1.165) is 16.6 Å². The summed E-state index contributed by atoms with van der Waals surface area (Å²) < 4.78 is 7.23. The predicted molar refractivity (Wildman–Crippen MR) is 98.6 cm³/mol. The van der Waals surface area contributed by atoms with Gasteiger partial charge < -0.3 is 14.4 Å². The van der Waals surface area contributed by atoms with Crippen molar-refractivity contribution in [2.45, 2.75) is 19.4 Å². The number of carbonyl (C=O) groups excluding carboxylic acids is 1. The van der Waals surface area contributed by atoms with Crippen molar-refractivity contribution in [1.29, 1.82) is 0 Å². The third-order valence-corrected chi connectivity index (χ3v) is 4.17. The number of fused-ring (bicyclic) bond motifs is 1. The van der Waals surface area contributed by atoms with Gasteiger partial charge in [-0.3, -0.25) is 9.78 Å². The maximum atomic E-state index is 12.1. The summed E-state index contributed by atoms with van der Waals surface area (Å²) in [7, 11) is 0. The van der Waals surface area contributed by atoms with Crippen LogP contribution < -0.4 is 5.32 Å². The number of para-hydroxylation sites is 2. The van der Waals surface area contributed by atoms with Gasteiger partial charge in [0.15, 0.2) is 0 Å². The van der Waals surface area contributed by atoms with Crippen molar-refractivity contribution >= 4 is 16.9 Å². The Morgan fingerprint density at radius 2 is 2.00 bits per heavy atom. The lowest BCUT2D eigenvalue weighted by Crippen LogP contribution is -2.27. The minimum atomic E-state index is -0.0527. The number of aromatic nitrogens is 5. The highest BCUT2D eigenvalue weighted by Crippen LogP contribution is 2.14. The summed E-state index contributed by atoms with van der Waals surface area (Å²) >= 11 is 0. The highest BCUT2D eigenvalue weighted by molar-refractivity contribution is 5.76. The van der Waals surface area contributed by atoms with Crippen LogP contribution in [-0.4, -0.2) is 37.1 Å². The average molecular weight is 362 g/mol. The van der Waals surface area contributed by atoms with Gasteiger partial charge in [0, 0.05) is 43.9 Å². The monoisotopic (exact) mass is 362 g/mol. The molecule has 8 heteroatoms. The van der Waals surface area contributed by atoms with E-state index in [9.17, 15) is 4.79 Å². The van der Waals surface area contributed by atoms with Crippen molar-refractivity contribution in [3.63, 3.8) is 0 Å². The molecule has 27 heavy (non-hydrogen) atoms. The van der Waals surface area contributed by atoms with E-state index in [1.165, 1.54) is 0 Å². The molecule has 0 atom stereocenters. The van der Waals surface area contributed by atoms with Crippen LogP contribution in [0.5, 0.6) is 0 Å². The lowest BCUT2D eigenvalue weighted by molar-refractivity contribution is -0.121. The quantitative estimate of drug-likeness (QED) is 0.541. The highest BCUT2D eigenvalue weighted by atomic mass is 16.5. The van der Waals surface area contributed by atoms with Gasteiger partial charge in [-0.1, -0.05) is 17.3 Å². The first-order valence-corrected chi connectivity index (χ1v) is 8.69. The first-order chi connectivity index (χ1) is 13.3. The first kappa shape index (κ1) is 16.9. The molecular weight excluding hydrogens is 344 g/mol. The fourth-order valence-electron chi connectivity index (χ4n) is 2.79. The Morgan fingerprint density at radius 3 is 2.89 bits per heavy atom. The van der Waals surface area contributed by atoms with E-state index >= 15 is 0 Å². The minimum Gasteiger partial charge on any atom is -0.354 e. The van der Waals surface area contributed by atoms with Gasteiger partial charge in [-0.15, -0.1) is 0 Å². The SMILES string of the molecule is O=C(CCc1nc(-c2ccncc2)no1)NCCn1cnc2ccccc21. The molecule has 4 rings (SSSR count). The van der Waals surface area contributed by atoms with Crippen LogP contribution in [0.3, 0.4) is 0 Å². The summed E-state index contributed by atoms with van der Waals surface area (Å²) in [5.74, 6) is 0.889. The molecule has 0 bridgehead atoms. The van der Waals surface area contributed by atoms with Gasteiger partial charge in [-0.25, -0.2) is 4.98 Å². The number of nitrogens with zero attached hydrogens (tertiary/aromatic N) is 5. The number of imidazole rings is 1. The van der Waals surface area contributed by atoms with Gasteiger partial charge in [-0.05, 0) is 24.3 Å². The fraction of sp³-hybridized carbons (Fsp3) is 0.211. The molecule has 0 spiro atoms. The maximum absolute atomic E-state index is 12.1. The summed E-state index contributed by atoms with van der Waals surface area (Å²) in [5.41, 5.74) is 2.84. The van der Waals surface area contributed by atoms with Gasteiger partial charge >= 0.3 is 0 Å². The largest absolute Gasteiger partial charge is 0.354 e. The topological polar surface area (TPSA) is 98.7 Å². The molecule has 0 saturated carbocycles. The van der Waals surface area contributed by atoms with Gasteiger partial charge in [0.25, 0.3) is 0 Å². The Balaban J connectivity index is 1.25. The summed E-state index contributed by atoms with van der Waals surface area (Å²) in [6, 6.07) is 11.5. The normalized spacial score (nSPS) is 11.0. The van der Waals surface area contributed by atoms with E-state index < -0.39 is 0 Å². The molecule has 0 saturated heterocycles. The Bertz CT molecular complexity index is 1040. The van der Waals surface area contributed by atoms with Crippen LogP contribution in [0.4, 0.5) is 0 Å². The smallest absolute Gasteiger partial charge is 0.227 e. The molecule has 3 aromatic heterocycles. The number of aryl methyl sites for hydroxylation is 1. The standard InChI is InChI=1S/C19H18N6O2/c26-17(21-11-12-25-13-22-15-3-1-2-4-16(15)25)5-6-18-23-19(24-27-18)14-7-9-20-10-8-14/h1-4,7-10,13H,5-6,11-12H2,(H,21,26). The Hall–Kier alpha value is -3.55. The van der Waals surface area contributed by atoms with E-state index in [2.05, 4.69) is 25.4 Å². The van der Waals surface area contributed by atoms with Gasteiger partial charge in [-0.2, -0.15) is 4.98 Å². The Kier molecular flexibility index (Phi) is 4.86. The van der Waals surface area contributed by atoms with Gasteiger partial charge in [0.2, 0.25) is 17.6 Å². The minimum absolute atomic E-state index is 0.0527. The molecule has 8 nitrogen and oxygen atoms in total. The van der Waals surface area contributed by atoms with Crippen LogP contribution in [0.2, 0.25) is 0 Å². The van der Waals surface area contributed by atoms with Crippen molar-refractivity contribution in [1.82, 2.24) is 30.0 Å². The van der Waals surface area contributed by atoms with Crippen molar-refractivity contribution < 1.29 is 9.32 Å². The Labute approximate surface area is 155 Å². The summed E-state index contributed by atoms with van der Waals surface area (Å²) in [6.45, 7) is 1.20. The average Bonchev–Trinajstić information content (AvgIpc) is 3.35. The lowest BCUT2D eigenvalue weighted by atomic mass is 10.2. The molecule has 1 amide bonds. The van der Waals surface area contributed by atoms with Crippen LogP contribution in [0, 0.1) is 0 Å². The third kappa shape index (κ3) is 4.00. The van der Waals surface area contributed by atoms with Crippen LogP contribution in [0.1, 0.15) is 12.3 Å². The number of nitrogens with one attached hydrogen (secondary N) is 1. The molecular formula is C19H18N6O2. The van der Waals surface area contributed by atoms with E-state index in [0.29, 0.717) is 37.6 Å². The maximum Gasteiger partial charge on any atom is 0.227 e. The lowest BCUT2D eigenvalue weighted by Gasteiger charge is -2.06. The van der Waals surface area contributed by atoms with E-state index in [4.69, 9.17) is 4.52 Å². The van der Waals surface area contributed by atoms with Crippen LogP contribution >= 0.6 is 0 Å². The van der Waals surface area contributed by atoms with Crippen molar-refractivity contribution in [2.75, 3.05) is 6.54 Å². The molecule has 136 valence electrons.